The minimum Gasteiger partial charge on any atom is -0.403 e. The lowest BCUT2D eigenvalue weighted by atomic mass is 10.3. The highest BCUT2D eigenvalue weighted by Gasteiger charge is 2.40. The minimum absolute atomic E-state index is 0.0503. The van der Waals surface area contributed by atoms with Gasteiger partial charge in [-0.15, -0.1) is 0 Å². The van der Waals surface area contributed by atoms with Gasteiger partial charge in [-0.3, -0.25) is 10.2 Å². The number of benzene rings is 1. The second kappa shape index (κ2) is 2.57. The van der Waals surface area contributed by atoms with E-state index in [4.69, 9.17) is 10.2 Å². The van der Waals surface area contributed by atoms with Crippen molar-refractivity contribution in [2.45, 2.75) is 6.16 Å². The van der Waals surface area contributed by atoms with Crippen LogP contribution in [0.4, 0.5) is 4.39 Å². The third-order valence-electron chi connectivity index (χ3n) is 1.49. The molecule has 0 spiro atoms. The van der Waals surface area contributed by atoms with Gasteiger partial charge in [0.05, 0.1) is 4.47 Å². The van der Waals surface area contributed by atoms with E-state index < -0.39 is 12.0 Å². The Morgan fingerprint density at radius 1 is 1.31 bits per heavy atom. The summed E-state index contributed by atoms with van der Waals surface area (Å²) >= 11 is 2.91. The zero-order chi connectivity index (χ0) is 9.64. The van der Waals surface area contributed by atoms with Crippen molar-refractivity contribution >= 4 is 15.9 Å². The molecule has 0 bridgehead atoms. The smallest absolute Gasteiger partial charge is 0.403 e. The molecule has 2 N–H and O–H groups in total. The van der Waals surface area contributed by atoms with Crippen molar-refractivity contribution in [1.82, 2.24) is 0 Å². The van der Waals surface area contributed by atoms with Crippen molar-refractivity contribution in [2.24, 2.45) is 0 Å². The first kappa shape index (κ1) is 8.74. The minimum atomic E-state index is -2.77. The Morgan fingerprint density at radius 3 is 2.69 bits per heavy atom. The van der Waals surface area contributed by atoms with E-state index in [-0.39, 0.29) is 16.0 Å². The van der Waals surface area contributed by atoms with Crippen molar-refractivity contribution in [3.8, 4) is 11.5 Å². The molecule has 13 heavy (non-hydrogen) atoms. The standard InChI is InChI=1S/C7H4BrFO4/c8-3-1-2-4-6(5(3)9)13-7(10,11)12-4/h1-2,10-11H. The summed E-state index contributed by atoms with van der Waals surface area (Å²) in [5, 5.41) is 17.7. The second-order valence-electron chi connectivity index (χ2n) is 2.44. The number of rotatable bonds is 0. The molecule has 0 saturated heterocycles. The number of fused-ring (bicyclic) bond motifs is 1. The molecular weight excluding hydrogens is 247 g/mol. The third-order valence-corrected chi connectivity index (χ3v) is 2.10. The molecular formula is C7H4BrFO4. The highest BCUT2D eigenvalue weighted by Crippen LogP contribution is 2.41. The van der Waals surface area contributed by atoms with Gasteiger partial charge in [0.1, 0.15) is 0 Å². The summed E-state index contributed by atoms with van der Waals surface area (Å²) in [6, 6.07) is 2.73. The van der Waals surface area contributed by atoms with Crippen LogP contribution in [0.15, 0.2) is 16.6 Å². The average Bonchev–Trinajstić information content (AvgIpc) is 2.34. The molecule has 1 aliphatic rings. The van der Waals surface area contributed by atoms with Gasteiger partial charge in [0.2, 0.25) is 5.75 Å². The fourth-order valence-corrected chi connectivity index (χ4v) is 1.30. The molecule has 1 heterocycles. The van der Waals surface area contributed by atoms with Gasteiger partial charge >= 0.3 is 6.16 Å². The highest BCUT2D eigenvalue weighted by molar-refractivity contribution is 9.10. The van der Waals surface area contributed by atoms with Gasteiger partial charge in [-0.2, -0.15) is 0 Å². The van der Waals surface area contributed by atoms with E-state index in [0.717, 1.165) is 0 Å². The maximum atomic E-state index is 13.2. The number of halogens is 2. The molecule has 0 atom stereocenters. The molecule has 6 heteroatoms. The van der Waals surface area contributed by atoms with E-state index in [1.807, 2.05) is 0 Å². The Hall–Kier alpha value is -0.850. The van der Waals surface area contributed by atoms with Gasteiger partial charge in [0.25, 0.3) is 0 Å². The SMILES string of the molecule is OC1(O)Oc2ccc(Br)c(F)c2O1. The molecule has 0 aromatic heterocycles. The van der Waals surface area contributed by atoms with E-state index in [2.05, 4.69) is 25.4 Å². The predicted octanol–water partition coefficient (Wildman–Crippen LogP) is 0.955. The van der Waals surface area contributed by atoms with Crippen LogP contribution in [-0.2, 0) is 0 Å². The molecule has 4 nitrogen and oxygen atoms in total. The number of hydrogen-bond acceptors (Lipinski definition) is 4. The van der Waals surface area contributed by atoms with Crippen LogP contribution in [0.5, 0.6) is 11.5 Å². The molecule has 0 unspecified atom stereocenters. The predicted molar refractivity (Wildman–Crippen MR) is 42.5 cm³/mol. The first-order valence-corrected chi connectivity index (χ1v) is 4.10. The lowest BCUT2D eigenvalue weighted by molar-refractivity contribution is -0.386. The fourth-order valence-electron chi connectivity index (χ4n) is 0.987. The van der Waals surface area contributed by atoms with Crippen molar-refractivity contribution in [2.75, 3.05) is 0 Å². The van der Waals surface area contributed by atoms with E-state index in [1.54, 1.807) is 0 Å². The molecule has 0 aliphatic carbocycles. The zero-order valence-electron chi connectivity index (χ0n) is 6.12. The van der Waals surface area contributed by atoms with Crippen molar-refractivity contribution in [1.29, 1.82) is 0 Å². The van der Waals surface area contributed by atoms with Gasteiger partial charge in [-0.05, 0) is 28.1 Å². The quantitative estimate of drug-likeness (QED) is 0.674. The highest BCUT2D eigenvalue weighted by atomic mass is 79.9. The second-order valence-corrected chi connectivity index (χ2v) is 3.30. The van der Waals surface area contributed by atoms with Crippen LogP contribution >= 0.6 is 15.9 Å². The molecule has 0 amide bonds. The Kier molecular flexibility index (Phi) is 1.73. The summed E-state index contributed by atoms with van der Waals surface area (Å²) in [4.78, 5) is 0. The Labute approximate surface area is 80.6 Å². The van der Waals surface area contributed by atoms with E-state index >= 15 is 0 Å². The molecule has 70 valence electrons. The summed E-state index contributed by atoms with van der Waals surface area (Å²) in [7, 11) is 0. The summed E-state index contributed by atoms with van der Waals surface area (Å²) < 4.78 is 22.2. The first-order chi connectivity index (χ1) is 5.99. The van der Waals surface area contributed by atoms with Crippen molar-refractivity contribution in [3.63, 3.8) is 0 Å². The van der Waals surface area contributed by atoms with Crippen molar-refractivity contribution < 1.29 is 24.1 Å². The maximum absolute atomic E-state index is 13.2. The Bertz CT molecular complexity index is 366. The van der Waals surface area contributed by atoms with Crippen molar-refractivity contribution in [3.05, 3.63) is 22.4 Å². The first-order valence-electron chi connectivity index (χ1n) is 3.30. The number of hydrogen-bond donors (Lipinski definition) is 2. The Morgan fingerprint density at radius 2 is 2.00 bits per heavy atom. The monoisotopic (exact) mass is 250 g/mol. The third kappa shape index (κ3) is 1.37. The summed E-state index contributed by atoms with van der Waals surface area (Å²) in [6.07, 6.45) is -2.77. The van der Waals surface area contributed by atoms with Gasteiger partial charge in [-0.25, -0.2) is 4.39 Å². The summed E-state index contributed by atoms with van der Waals surface area (Å²) in [5.74, 6) is -1.10. The Balaban J connectivity index is 2.53. The lowest BCUT2D eigenvalue weighted by Gasteiger charge is -2.10. The van der Waals surface area contributed by atoms with Gasteiger partial charge in [0, 0.05) is 0 Å². The number of aliphatic hydroxyl groups is 2. The number of ether oxygens (including phenoxy) is 2. The molecule has 2 rings (SSSR count). The zero-order valence-corrected chi connectivity index (χ0v) is 7.71. The van der Waals surface area contributed by atoms with Gasteiger partial charge in [-0.1, -0.05) is 0 Å². The van der Waals surface area contributed by atoms with Crippen LogP contribution in [0.2, 0.25) is 0 Å². The van der Waals surface area contributed by atoms with Crippen LogP contribution in [0.1, 0.15) is 0 Å². The average molecular weight is 251 g/mol. The largest absolute Gasteiger partial charge is 0.505 e. The summed E-state index contributed by atoms with van der Waals surface area (Å²) in [5.41, 5.74) is 0. The van der Waals surface area contributed by atoms with Gasteiger partial charge in [0.15, 0.2) is 11.6 Å². The molecule has 1 aromatic carbocycles. The normalized spacial score (nSPS) is 17.5. The van der Waals surface area contributed by atoms with Gasteiger partial charge < -0.3 is 9.47 Å². The van der Waals surface area contributed by atoms with E-state index in [0.29, 0.717) is 0 Å². The topological polar surface area (TPSA) is 58.9 Å². The van der Waals surface area contributed by atoms with E-state index in [1.165, 1.54) is 12.1 Å². The molecule has 0 fully saturated rings. The molecule has 0 radical (unpaired) electrons. The maximum Gasteiger partial charge on any atom is 0.505 e. The van der Waals surface area contributed by atoms with Crippen LogP contribution in [0.3, 0.4) is 0 Å². The summed E-state index contributed by atoms with van der Waals surface area (Å²) in [6.45, 7) is 0. The van der Waals surface area contributed by atoms with Crippen LogP contribution in [-0.4, -0.2) is 16.4 Å². The molecule has 1 aromatic rings. The fraction of sp³-hybridized carbons (Fsp3) is 0.143. The molecule has 1 aliphatic heterocycles. The van der Waals surface area contributed by atoms with Crippen LogP contribution in [0, 0.1) is 5.82 Å². The van der Waals surface area contributed by atoms with Crippen LogP contribution < -0.4 is 9.47 Å². The lowest BCUT2D eigenvalue weighted by Crippen LogP contribution is -2.37. The molecule has 0 saturated carbocycles. The van der Waals surface area contributed by atoms with Crippen LogP contribution in [0.25, 0.3) is 0 Å². The van der Waals surface area contributed by atoms with E-state index in [9.17, 15) is 4.39 Å².